The number of hydrogen-bond donors (Lipinski definition) is 5. The molecule has 1 heterocycles. The van der Waals surface area contributed by atoms with Gasteiger partial charge in [0.25, 0.3) is 0 Å². The third-order valence-electron chi connectivity index (χ3n) is 13.6. The predicted molar refractivity (Wildman–Crippen MR) is 146 cm³/mol. The molecule has 2 spiro atoms. The minimum absolute atomic E-state index is 0.0173. The molecule has 0 aromatic carbocycles. The average Bonchev–Trinajstić information content (AvgIpc) is 3.21. The lowest BCUT2D eigenvalue weighted by atomic mass is 9.30. The van der Waals surface area contributed by atoms with Crippen LogP contribution in [0.25, 0.3) is 0 Å². The van der Waals surface area contributed by atoms with Crippen molar-refractivity contribution >= 4 is 0 Å². The number of likely N-dealkylation sites (N-methyl/N-ethyl adjacent to an activating group) is 1. The van der Waals surface area contributed by atoms with Crippen LogP contribution in [0.3, 0.4) is 0 Å². The molecule has 5 N–H and O–H groups in total. The lowest BCUT2D eigenvalue weighted by molar-refractivity contribution is -0.308. The number of aliphatic hydroxyl groups is 3. The molecule has 3 bridgehead atoms. The molecule has 208 valence electrons. The Bertz CT molecular complexity index is 939. The van der Waals surface area contributed by atoms with Crippen LogP contribution >= 0.6 is 0 Å². The summed E-state index contributed by atoms with van der Waals surface area (Å²) in [6, 6.07) is 1.09. The molecule has 0 aromatic heterocycles. The first-order valence-electron chi connectivity index (χ1n) is 15.8. The van der Waals surface area contributed by atoms with E-state index in [-0.39, 0.29) is 40.3 Å². The average molecular weight is 513 g/mol. The molecule has 0 radical (unpaired) electrons. The Labute approximate surface area is 224 Å². The van der Waals surface area contributed by atoms with Crippen LogP contribution in [0.4, 0.5) is 0 Å². The Morgan fingerprint density at radius 3 is 2.73 bits per heavy atom. The third kappa shape index (κ3) is 3.39. The fourth-order valence-corrected chi connectivity index (χ4v) is 12.6. The van der Waals surface area contributed by atoms with Gasteiger partial charge in [0.05, 0.1) is 17.8 Å². The van der Waals surface area contributed by atoms with Crippen LogP contribution in [-0.2, 0) is 0 Å². The van der Waals surface area contributed by atoms with Gasteiger partial charge in [0.1, 0.15) is 0 Å². The highest BCUT2D eigenvalue weighted by Crippen LogP contribution is 2.83. The van der Waals surface area contributed by atoms with Crippen molar-refractivity contribution in [2.24, 2.45) is 51.8 Å². The van der Waals surface area contributed by atoms with Crippen molar-refractivity contribution in [1.29, 1.82) is 0 Å². The van der Waals surface area contributed by atoms with Gasteiger partial charge in [-0.2, -0.15) is 0 Å². The normalized spacial score (nSPS) is 57.9. The molecule has 14 unspecified atom stereocenters. The highest BCUT2D eigenvalue weighted by molar-refractivity contribution is 5.33. The van der Waals surface area contributed by atoms with Crippen LogP contribution < -0.4 is 10.6 Å². The zero-order valence-corrected chi connectivity index (χ0v) is 23.5. The van der Waals surface area contributed by atoms with Crippen molar-refractivity contribution in [3.63, 3.8) is 0 Å². The van der Waals surface area contributed by atoms with Crippen LogP contribution in [0.15, 0.2) is 12.2 Å². The molecule has 14 atom stereocenters. The molecule has 37 heavy (non-hydrogen) atoms. The number of fused-ring (bicyclic) bond motifs is 5. The molecule has 7 rings (SSSR count). The van der Waals surface area contributed by atoms with Crippen molar-refractivity contribution in [2.45, 2.75) is 121 Å². The fourth-order valence-electron chi connectivity index (χ4n) is 12.6. The molecule has 1 aliphatic heterocycles. The SMILES string of the molecule is CNCC1CCC2CC34C(O)C5C=CC6CC5(C)CC(O)(C6)C3CC43CC(CCCC(C)O)CC3C2N1. The summed E-state index contributed by atoms with van der Waals surface area (Å²) in [4.78, 5) is 0. The molecule has 5 heteroatoms. The molecule has 6 fully saturated rings. The number of allylic oxidation sites excluding steroid dienone is 1. The van der Waals surface area contributed by atoms with E-state index in [0.717, 1.165) is 51.5 Å². The van der Waals surface area contributed by atoms with Gasteiger partial charge < -0.3 is 26.0 Å². The second-order valence-electron chi connectivity index (χ2n) is 15.6. The standard InChI is InChI=1S/C32H52N2O3/c1-19(35)5-4-6-20-11-25-27-22(8-9-23(34-27)17-33-3)15-32-26(16-30(25,32)13-20)31(37)14-21-7-10-24(28(32)36)29(2,12-21)18-31/h7,10,19-28,33-37H,4-6,8-9,11-18H2,1-3H3. The zero-order valence-electron chi connectivity index (χ0n) is 23.5. The summed E-state index contributed by atoms with van der Waals surface area (Å²) in [6.07, 6.45) is 17.5. The van der Waals surface area contributed by atoms with Crippen LogP contribution in [0.5, 0.6) is 0 Å². The van der Waals surface area contributed by atoms with Gasteiger partial charge in [-0.25, -0.2) is 0 Å². The van der Waals surface area contributed by atoms with E-state index < -0.39 is 5.60 Å². The largest absolute Gasteiger partial charge is 0.393 e. The summed E-state index contributed by atoms with van der Waals surface area (Å²) in [5.74, 6) is 2.79. The van der Waals surface area contributed by atoms with Crippen molar-refractivity contribution in [3.8, 4) is 0 Å². The maximum Gasteiger partial charge on any atom is 0.0693 e. The Morgan fingerprint density at radius 2 is 1.95 bits per heavy atom. The summed E-state index contributed by atoms with van der Waals surface area (Å²) in [6.45, 7) is 5.33. The smallest absolute Gasteiger partial charge is 0.0693 e. The Hall–Kier alpha value is -0.460. The number of rotatable bonds is 6. The van der Waals surface area contributed by atoms with Crippen molar-refractivity contribution < 1.29 is 15.3 Å². The molecular formula is C32H52N2O3. The van der Waals surface area contributed by atoms with E-state index in [2.05, 4.69) is 36.8 Å². The second kappa shape index (κ2) is 8.52. The molecule has 5 nitrogen and oxygen atoms in total. The second-order valence-corrected chi connectivity index (χ2v) is 15.6. The number of aliphatic hydroxyl groups excluding tert-OH is 2. The lowest BCUT2D eigenvalue weighted by Crippen LogP contribution is -2.76. The van der Waals surface area contributed by atoms with Gasteiger partial charge in [-0.1, -0.05) is 31.9 Å². The van der Waals surface area contributed by atoms with Gasteiger partial charge in [-0.3, -0.25) is 0 Å². The van der Waals surface area contributed by atoms with E-state index in [1.165, 1.54) is 32.1 Å². The maximum atomic E-state index is 12.7. The first-order chi connectivity index (χ1) is 17.6. The van der Waals surface area contributed by atoms with Crippen LogP contribution in [0.1, 0.15) is 90.9 Å². The summed E-state index contributed by atoms with van der Waals surface area (Å²) < 4.78 is 0. The first-order valence-corrected chi connectivity index (χ1v) is 15.8. The van der Waals surface area contributed by atoms with Gasteiger partial charge in [0, 0.05) is 30.0 Å². The molecule has 0 amide bonds. The summed E-state index contributed by atoms with van der Waals surface area (Å²) >= 11 is 0. The van der Waals surface area contributed by atoms with Gasteiger partial charge in [-0.05, 0) is 119 Å². The topological polar surface area (TPSA) is 84.8 Å². The van der Waals surface area contributed by atoms with Gasteiger partial charge in [0.2, 0.25) is 0 Å². The summed E-state index contributed by atoms with van der Waals surface area (Å²) in [7, 11) is 2.07. The predicted octanol–water partition coefficient (Wildman–Crippen LogP) is 4.01. The summed E-state index contributed by atoms with van der Waals surface area (Å²) in [5, 5.41) is 42.6. The van der Waals surface area contributed by atoms with E-state index in [9.17, 15) is 15.3 Å². The van der Waals surface area contributed by atoms with E-state index in [0.29, 0.717) is 35.8 Å². The Balaban J connectivity index is 1.29. The third-order valence-corrected chi connectivity index (χ3v) is 13.6. The zero-order chi connectivity index (χ0) is 25.8. The first kappa shape index (κ1) is 25.5. The molecule has 0 aromatic rings. The molecule has 6 aliphatic carbocycles. The van der Waals surface area contributed by atoms with Crippen LogP contribution in [0, 0.1) is 51.8 Å². The molecule has 1 saturated heterocycles. The number of piperidine rings is 1. The molecule has 7 aliphatic rings. The van der Waals surface area contributed by atoms with Crippen molar-refractivity contribution in [1.82, 2.24) is 10.6 Å². The van der Waals surface area contributed by atoms with E-state index in [4.69, 9.17) is 0 Å². The van der Waals surface area contributed by atoms with E-state index in [1.807, 2.05) is 6.92 Å². The monoisotopic (exact) mass is 512 g/mol. The van der Waals surface area contributed by atoms with Gasteiger partial charge in [-0.15, -0.1) is 0 Å². The highest BCUT2D eigenvalue weighted by atomic mass is 16.3. The van der Waals surface area contributed by atoms with Gasteiger partial charge in [0.15, 0.2) is 0 Å². The summed E-state index contributed by atoms with van der Waals surface area (Å²) in [5.41, 5.74) is -0.598. The van der Waals surface area contributed by atoms with Crippen LogP contribution in [0.2, 0.25) is 0 Å². The molecular weight excluding hydrogens is 460 g/mol. The van der Waals surface area contributed by atoms with Crippen molar-refractivity contribution in [2.75, 3.05) is 13.6 Å². The minimum atomic E-state index is -0.623. The highest BCUT2D eigenvalue weighted by Gasteiger charge is 2.82. The van der Waals surface area contributed by atoms with E-state index >= 15 is 0 Å². The van der Waals surface area contributed by atoms with Crippen molar-refractivity contribution in [3.05, 3.63) is 12.2 Å². The lowest BCUT2D eigenvalue weighted by Gasteiger charge is -2.75. The fraction of sp³-hybridized carbons (Fsp3) is 0.938. The Kier molecular flexibility index (Phi) is 5.87. The Morgan fingerprint density at radius 1 is 1.11 bits per heavy atom. The number of nitrogens with one attached hydrogen (secondary N) is 2. The number of hydrogen-bond acceptors (Lipinski definition) is 5. The molecule has 5 saturated carbocycles. The van der Waals surface area contributed by atoms with E-state index in [1.54, 1.807) is 0 Å². The minimum Gasteiger partial charge on any atom is -0.393 e. The maximum absolute atomic E-state index is 12.7. The van der Waals surface area contributed by atoms with Gasteiger partial charge >= 0.3 is 0 Å². The quantitative estimate of drug-likeness (QED) is 0.347. The van der Waals surface area contributed by atoms with Crippen LogP contribution in [-0.4, -0.2) is 58.8 Å².